The first kappa shape index (κ1) is 8.95. The fourth-order valence-electron chi connectivity index (χ4n) is 0.404. The van der Waals surface area contributed by atoms with Crippen LogP contribution in [0.2, 0.25) is 0 Å². The molecule has 0 nitrogen and oxygen atoms in total. The molecule has 0 aliphatic carbocycles. The first-order chi connectivity index (χ1) is 3.30. The topological polar surface area (TPSA) is 0 Å². The van der Waals surface area contributed by atoms with Gasteiger partial charge in [0.15, 0.2) is 0 Å². The molecule has 40 valence electrons. The number of rotatable bonds is 0. The Morgan fingerprint density at radius 3 is 2.38 bits per heavy atom. The van der Waals surface area contributed by atoms with Gasteiger partial charge in [-0.05, 0) is 0 Å². The monoisotopic (exact) mass is 200 g/mol. The van der Waals surface area contributed by atoms with Crippen molar-refractivity contribution >= 4 is 36.1 Å². The first-order valence-corrected chi connectivity index (χ1v) is 3.75. The van der Waals surface area contributed by atoms with Gasteiger partial charge in [-0.1, -0.05) is 0 Å². The van der Waals surface area contributed by atoms with E-state index in [1.165, 1.54) is 8.57 Å². The molecule has 0 radical (unpaired) electrons. The third-order valence-corrected chi connectivity index (χ3v) is 2.90. The van der Waals surface area contributed by atoms with Crippen molar-refractivity contribution in [1.29, 1.82) is 0 Å². The van der Waals surface area contributed by atoms with Gasteiger partial charge in [0.05, 0.1) is 0 Å². The zero-order chi connectivity index (χ0) is 5.28. The molecule has 0 atom stereocenters. The van der Waals surface area contributed by atoms with Crippen molar-refractivity contribution in [2.75, 3.05) is 0 Å². The third-order valence-electron chi connectivity index (χ3n) is 0.968. The molecule has 1 rings (SSSR count). The zero-order valence-electron chi connectivity index (χ0n) is 4.65. The van der Waals surface area contributed by atoms with Crippen LogP contribution in [-0.2, 0) is 0 Å². The van der Waals surface area contributed by atoms with E-state index >= 15 is 0 Å². The molecule has 0 saturated carbocycles. The van der Waals surface area contributed by atoms with Crippen LogP contribution in [0.3, 0.4) is 0 Å². The molecule has 0 amide bonds. The molecule has 1 aromatic rings. The number of aryl methyl sites for hydroxylation is 1. The maximum atomic E-state index is 2.15. The van der Waals surface area contributed by atoms with E-state index in [0.29, 0.717) is 0 Å². The average molecular weight is 201 g/mol. The largest absolute Gasteiger partial charge is 1.00 e. The van der Waals surface area contributed by atoms with Gasteiger partial charge in [-0.25, -0.2) is 0 Å². The van der Waals surface area contributed by atoms with E-state index in [9.17, 15) is 0 Å². The molecule has 0 aromatic carbocycles. The Kier molecular flexibility index (Phi) is 4.33. The van der Waals surface area contributed by atoms with Crippen LogP contribution in [0.15, 0.2) is 11.4 Å². The number of thiophene rings is 1. The summed E-state index contributed by atoms with van der Waals surface area (Å²) in [4.78, 5) is 0. The SMILES string of the molecule is Cc1ccs[c]1[Mg+].[Br-]. The van der Waals surface area contributed by atoms with Gasteiger partial charge in [0.2, 0.25) is 0 Å². The Hall–Kier alpha value is 0.946. The van der Waals surface area contributed by atoms with Gasteiger partial charge >= 0.3 is 60.0 Å². The van der Waals surface area contributed by atoms with Crippen LogP contribution in [0.1, 0.15) is 5.56 Å². The number of hydrogen-bond donors (Lipinski definition) is 0. The quantitative estimate of drug-likeness (QED) is 0.420. The van der Waals surface area contributed by atoms with Crippen LogP contribution in [0.5, 0.6) is 0 Å². The van der Waals surface area contributed by atoms with Gasteiger partial charge in [-0.3, -0.25) is 0 Å². The standard InChI is InChI=1S/C5H5S.BrH.Mg/c1-5-2-3-6-4-5;;/h2-3H,1H3;1H;/q;;+1/p-1. The first-order valence-electron chi connectivity index (χ1n) is 2.17. The van der Waals surface area contributed by atoms with Gasteiger partial charge in [-0.2, -0.15) is 0 Å². The minimum absolute atomic E-state index is 0. The molecule has 0 bridgehead atoms. The molecular weight excluding hydrogens is 196 g/mol. The zero-order valence-corrected chi connectivity index (χ0v) is 8.46. The van der Waals surface area contributed by atoms with E-state index in [0.717, 1.165) is 0 Å². The molecule has 0 unspecified atom stereocenters. The number of hydrogen-bond acceptors (Lipinski definition) is 1. The summed E-state index contributed by atoms with van der Waals surface area (Å²) < 4.78 is 1.46. The van der Waals surface area contributed by atoms with Crippen molar-refractivity contribution in [3.8, 4) is 0 Å². The fraction of sp³-hybridized carbons (Fsp3) is 0.200. The van der Waals surface area contributed by atoms with E-state index < -0.39 is 0 Å². The molecule has 0 N–H and O–H groups in total. The summed E-state index contributed by atoms with van der Waals surface area (Å²) in [6.07, 6.45) is 0. The van der Waals surface area contributed by atoms with E-state index in [-0.39, 0.29) is 17.0 Å². The van der Waals surface area contributed by atoms with Gasteiger partial charge in [0.25, 0.3) is 0 Å². The summed E-state index contributed by atoms with van der Waals surface area (Å²) in [6.45, 7) is 2.14. The van der Waals surface area contributed by atoms with Gasteiger partial charge in [-0.15, -0.1) is 0 Å². The maximum Gasteiger partial charge on any atom is -1.00 e. The molecule has 0 spiro atoms. The summed E-state index contributed by atoms with van der Waals surface area (Å²) in [7, 11) is 0. The smallest absolute Gasteiger partial charge is 1.00 e. The van der Waals surface area contributed by atoms with Crippen LogP contribution >= 0.6 is 11.3 Å². The average Bonchev–Trinajstić information content (AvgIpc) is 1.91. The second kappa shape index (κ2) is 3.88. The van der Waals surface area contributed by atoms with Gasteiger partial charge in [0, 0.05) is 0 Å². The second-order valence-electron chi connectivity index (χ2n) is 1.53. The van der Waals surface area contributed by atoms with Crippen LogP contribution in [0.4, 0.5) is 0 Å². The van der Waals surface area contributed by atoms with E-state index in [1.54, 1.807) is 0 Å². The molecular formula is C5H5BrMgS. The minimum atomic E-state index is 0. The minimum Gasteiger partial charge on any atom is -1.00 e. The van der Waals surface area contributed by atoms with Crippen LogP contribution < -0.4 is 20.0 Å². The Morgan fingerprint density at radius 1 is 1.62 bits per heavy atom. The van der Waals surface area contributed by atoms with Crippen molar-refractivity contribution in [2.45, 2.75) is 6.92 Å². The fourth-order valence-corrected chi connectivity index (χ4v) is 1.50. The maximum absolute atomic E-state index is 2.15. The van der Waals surface area contributed by atoms with Gasteiger partial charge in [0.1, 0.15) is 0 Å². The molecule has 0 fully saturated rings. The Morgan fingerprint density at radius 2 is 2.25 bits per heavy atom. The van der Waals surface area contributed by atoms with E-state index in [2.05, 4.69) is 18.4 Å². The van der Waals surface area contributed by atoms with Gasteiger partial charge < -0.3 is 17.0 Å². The summed E-state index contributed by atoms with van der Waals surface area (Å²) in [6, 6.07) is 2.15. The summed E-state index contributed by atoms with van der Waals surface area (Å²) in [5, 5.41) is 2.12. The molecule has 0 saturated heterocycles. The number of halogens is 1. The Bertz CT molecular complexity index is 145. The molecule has 1 aromatic heterocycles. The van der Waals surface area contributed by atoms with Crippen LogP contribution in [0, 0.1) is 6.92 Å². The molecule has 3 heteroatoms. The molecule has 0 aliphatic rings. The van der Waals surface area contributed by atoms with E-state index in [1.807, 2.05) is 33.0 Å². The molecule has 8 heavy (non-hydrogen) atoms. The molecule has 1 heterocycles. The normalized spacial score (nSPS) is 8.38. The van der Waals surface area contributed by atoms with E-state index in [4.69, 9.17) is 0 Å². The van der Waals surface area contributed by atoms with Crippen molar-refractivity contribution < 1.29 is 17.0 Å². The Labute approximate surface area is 76.5 Å². The predicted octanol–water partition coefficient (Wildman–Crippen LogP) is -2.15. The Balaban J connectivity index is 0.000000490. The summed E-state index contributed by atoms with van der Waals surface area (Å²) >= 11 is 3.77. The molecule has 0 aliphatic heterocycles. The third kappa shape index (κ3) is 2.05. The summed E-state index contributed by atoms with van der Waals surface area (Å²) in [5.41, 5.74) is 1.42. The predicted molar refractivity (Wildman–Crippen MR) is 34.4 cm³/mol. The van der Waals surface area contributed by atoms with Crippen molar-refractivity contribution in [3.63, 3.8) is 0 Å². The van der Waals surface area contributed by atoms with Crippen LogP contribution in [-0.4, -0.2) is 21.7 Å². The van der Waals surface area contributed by atoms with Crippen LogP contribution in [0.25, 0.3) is 0 Å². The summed E-state index contributed by atoms with van der Waals surface area (Å²) in [5.74, 6) is 0. The second-order valence-corrected chi connectivity index (χ2v) is 3.75. The van der Waals surface area contributed by atoms with Crippen molar-refractivity contribution in [2.24, 2.45) is 0 Å². The van der Waals surface area contributed by atoms with Crippen molar-refractivity contribution in [3.05, 3.63) is 17.0 Å². The van der Waals surface area contributed by atoms with Crippen molar-refractivity contribution in [1.82, 2.24) is 0 Å².